The molecule has 2 aliphatic rings. The zero-order valence-electron chi connectivity index (χ0n) is 12.0. The van der Waals surface area contributed by atoms with Gasteiger partial charge >= 0.3 is 11.6 Å². The van der Waals surface area contributed by atoms with Crippen LogP contribution in [0.25, 0.3) is 11.0 Å². The molecule has 0 amide bonds. The van der Waals surface area contributed by atoms with Crippen molar-refractivity contribution in [3.63, 3.8) is 0 Å². The van der Waals surface area contributed by atoms with E-state index in [0.717, 1.165) is 11.8 Å². The van der Waals surface area contributed by atoms with Gasteiger partial charge in [-0.25, -0.2) is 9.59 Å². The highest BCUT2D eigenvalue weighted by Gasteiger charge is 2.36. The van der Waals surface area contributed by atoms with E-state index in [9.17, 15) is 9.59 Å². The summed E-state index contributed by atoms with van der Waals surface area (Å²) in [5, 5.41) is 0.719. The van der Waals surface area contributed by atoms with Gasteiger partial charge in [-0.15, -0.1) is 0 Å². The van der Waals surface area contributed by atoms with Crippen LogP contribution in [0.2, 0.25) is 0 Å². The molecule has 4 nitrogen and oxygen atoms in total. The quantitative estimate of drug-likeness (QED) is 0.496. The first kappa shape index (κ1) is 13.3. The molecule has 2 bridgehead atoms. The number of allylic oxidation sites excluding steroid dienone is 2. The van der Waals surface area contributed by atoms with Crippen LogP contribution in [0.4, 0.5) is 0 Å². The molecule has 0 unspecified atom stereocenters. The van der Waals surface area contributed by atoms with Crippen molar-refractivity contribution in [2.24, 2.45) is 17.8 Å². The number of hydrogen-bond donors (Lipinski definition) is 0. The summed E-state index contributed by atoms with van der Waals surface area (Å²) < 4.78 is 10.5. The standard InChI is InChI=1S/C18H16O4/c19-17(21-10-14-8-11-5-6-12(14)7-11)15-9-13-3-1-2-4-16(13)22-18(15)20/h1-6,9,11-12,14H,7-8,10H2/t11-,12+,14-/m0/s1. The van der Waals surface area contributed by atoms with Crippen LogP contribution >= 0.6 is 0 Å². The minimum Gasteiger partial charge on any atom is -0.462 e. The van der Waals surface area contributed by atoms with Crippen LogP contribution in [0.3, 0.4) is 0 Å². The highest BCUT2D eigenvalue weighted by molar-refractivity contribution is 5.92. The molecule has 1 saturated carbocycles. The topological polar surface area (TPSA) is 56.5 Å². The van der Waals surface area contributed by atoms with E-state index in [-0.39, 0.29) is 5.56 Å². The van der Waals surface area contributed by atoms with Crippen molar-refractivity contribution in [2.75, 3.05) is 6.61 Å². The molecule has 4 heteroatoms. The Morgan fingerprint density at radius 3 is 2.86 bits per heavy atom. The van der Waals surface area contributed by atoms with Gasteiger partial charge in [0.2, 0.25) is 0 Å². The molecule has 0 radical (unpaired) electrons. The third-order valence-corrected chi connectivity index (χ3v) is 4.71. The monoisotopic (exact) mass is 296 g/mol. The first-order valence-corrected chi connectivity index (χ1v) is 7.59. The molecular weight excluding hydrogens is 280 g/mol. The largest absolute Gasteiger partial charge is 0.462 e. The van der Waals surface area contributed by atoms with Crippen LogP contribution in [-0.2, 0) is 4.74 Å². The molecule has 22 heavy (non-hydrogen) atoms. The summed E-state index contributed by atoms with van der Waals surface area (Å²) in [6, 6.07) is 8.67. The second-order valence-electron chi connectivity index (χ2n) is 6.12. The average Bonchev–Trinajstić information content (AvgIpc) is 3.14. The second kappa shape index (κ2) is 5.13. The first-order chi connectivity index (χ1) is 10.7. The van der Waals surface area contributed by atoms with E-state index in [2.05, 4.69) is 12.2 Å². The van der Waals surface area contributed by atoms with Crippen molar-refractivity contribution >= 4 is 16.9 Å². The van der Waals surface area contributed by atoms with Crippen LogP contribution < -0.4 is 5.63 Å². The molecule has 112 valence electrons. The second-order valence-corrected chi connectivity index (χ2v) is 6.12. The number of hydrogen-bond acceptors (Lipinski definition) is 4. The van der Waals surface area contributed by atoms with Crippen LogP contribution in [0.1, 0.15) is 23.2 Å². The summed E-state index contributed by atoms with van der Waals surface area (Å²) in [5.41, 5.74) is -0.198. The number of ether oxygens (including phenoxy) is 1. The third kappa shape index (κ3) is 2.25. The predicted molar refractivity (Wildman–Crippen MR) is 81.6 cm³/mol. The Bertz CT molecular complexity index is 817. The molecule has 1 aromatic heterocycles. The van der Waals surface area contributed by atoms with E-state index in [1.807, 2.05) is 6.07 Å². The zero-order valence-corrected chi connectivity index (χ0v) is 12.0. The Hall–Kier alpha value is -2.36. The fraction of sp³-hybridized carbons (Fsp3) is 0.333. The molecular formula is C18H16O4. The number of esters is 1. The summed E-state index contributed by atoms with van der Waals surface area (Å²) in [4.78, 5) is 24.1. The summed E-state index contributed by atoms with van der Waals surface area (Å²) in [6.45, 7) is 0.372. The predicted octanol–water partition coefficient (Wildman–Crippen LogP) is 3.16. The highest BCUT2D eigenvalue weighted by atomic mass is 16.5. The van der Waals surface area contributed by atoms with Gasteiger partial charge in [0.25, 0.3) is 0 Å². The first-order valence-electron chi connectivity index (χ1n) is 7.59. The van der Waals surface area contributed by atoms with Crippen molar-refractivity contribution < 1.29 is 13.9 Å². The van der Waals surface area contributed by atoms with Gasteiger partial charge in [-0.2, -0.15) is 0 Å². The fourth-order valence-electron chi connectivity index (χ4n) is 3.55. The molecule has 0 spiro atoms. The number of benzene rings is 1. The Morgan fingerprint density at radius 2 is 2.09 bits per heavy atom. The molecule has 2 aromatic rings. The van der Waals surface area contributed by atoms with Gasteiger partial charge in [-0.05, 0) is 42.7 Å². The summed E-state index contributed by atoms with van der Waals surface area (Å²) >= 11 is 0. The Kier molecular flexibility index (Phi) is 3.10. The normalized spacial score (nSPS) is 25.7. The minimum atomic E-state index is -0.642. The van der Waals surface area contributed by atoms with Crippen molar-refractivity contribution in [1.82, 2.24) is 0 Å². The zero-order chi connectivity index (χ0) is 15.1. The SMILES string of the molecule is O=C(OC[C@@H]1C[C@H]2C=C[C@@H]1C2)c1cc2ccccc2oc1=O. The smallest absolute Gasteiger partial charge is 0.351 e. The number of carbonyl (C=O) groups excluding carboxylic acids is 1. The third-order valence-electron chi connectivity index (χ3n) is 4.71. The van der Waals surface area contributed by atoms with Crippen LogP contribution in [0.15, 0.2) is 51.7 Å². The summed E-state index contributed by atoms with van der Waals surface area (Å²) in [5.74, 6) is 0.947. The van der Waals surface area contributed by atoms with Gasteiger partial charge in [0.15, 0.2) is 0 Å². The minimum absolute atomic E-state index is 0.0302. The van der Waals surface area contributed by atoms with Crippen molar-refractivity contribution in [1.29, 1.82) is 0 Å². The molecule has 0 aliphatic heterocycles. The van der Waals surface area contributed by atoms with Gasteiger partial charge in [0.05, 0.1) is 6.61 Å². The van der Waals surface area contributed by atoms with E-state index >= 15 is 0 Å². The Balaban J connectivity index is 1.51. The van der Waals surface area contributed by atoms with Crippen molar-refractivity contribution in [2.45, 2.75) is 12.8 Å². The van der Waals surface area contributed by atoms with Gasteiger partial charge in [-0.3, -0.25) is 0 Å². The van der Waals surface area contributed by atoms with E-state index in [0.29, 0.717) is 29.9 Å². The summed E-state index contributed by atoms with van der Waals surface area (Å²) in [6.07, 6.45) is 6.71. The van der Waals surface area contributed by atoms with Gasteiger partial charge in [0, 0.05) is 5.39 Å². The van der Waals surface area contributed by atoms with Gasteiger partial charge < -0.3 is 9.15 Å². The molecule has 2 aliphatic carbocycles. The van der Waals surface area contributed by atoms with Crippen molar-refractivity contribution in [3.05, 3.63) is 58.5 Å². The van der Waals surface area contributed by atoms with E-state index < -0.39 is 11.6 Å². The molecule has 1 aromatic carbocycles. The molecule has 1 heterocycles. The lowest BCUT2D eigenvalue weighted by atomic mass is 9.95. The van der Waals surface area contributed by atoms with Gasteiger partial charge in [-0.1, -0.05) is 30.4 Å². The molecule has 3 atom stereocenters. The maximum atomic E-state index is 12.2. The van der Waals surface area contributed by atoms with Crippen LogP contribution in [0, 0.1) is 17.8 Å². The molecule has 4 rings (SSSR count). The Morgan fingerprint density at radius 1 is 1.23 bits per heavy atom. The average molecular weight is 296 g/mol. The van der Waals surface area contributed by atoms with Crippen LogP contribution in [-0.4, -0.2) is 12.6 Å². The lowest BCUT2D eigenvalue weighted by Crippen LogP contribution is -2.21. The van der Waals surface area contributed by atoms with Crippen LogP contribution in [0.5, 0.6) is 0 Å². The molecule has 0 N–H and O–H groups in total. The van der Waals surface area contributed by atoms with Gasteiger partial charge in [0.1, 0.15) is 11.1 Å². The van der Waals surface area contributed by atoms with E-state index in [1.54, 1.807) is 24.3 Å². The lowest BCUT2D eigenvalue weighted by molar-refractivity contribution is 0.0416. The molecule has 0 saturated heterocycles. The lowest BCUT2D eigenvalue weighted by Gasteiger charge is -2.17. The fourth-order valence-corrected chi connectivity index (χ4v) is 3.55. The number of para-hydroxylation sites is 1. The van der Waals surface area contributed by atoms with E-state index in [1.165, 1.54) is 6.42 Å². The number of fused-ring (bicyclic) bond motifs is 3. The van der Waals surface area contributed by atoms with Crippen molar-refractivity contribution in [3.8, 4) is 0 Å². The maximum absolute atomic E-state index is 12.2. The maximum Gasteiger partial charge on any atom is 0.351 e. The summed E-state index contributed by atoms with van der Waals surface area (Å²) in [7, 11) is 0. The number of rotatable bonds is 3. The highest BCUT2D eigenvalue weighted by Crippen LogP contribution is 2.43. The Labute approximate surface area is 127 Å². The number of carbonyl (C=O) groups is 1. The van der Waals surface area contributed by atoms with E-state index in [4.69, 9.17) is 9.15 Å². The molecule has 1 fully saturated rings.